The number of esters is 2. The van der Waals surface area contributed by atoms with Crippen LogP contribution in [0.3, 0.4) is 0 Å². The molecule has 0 radical (unpaired) electrons. The van der Waals surface area contributed by atoms with Crippen LogP contribution in [-0.2, 0) is 28.9 Å². The number of ether oxygens (including phenoxy) is 2. The fourth-order valence-electron chi connectivity index (χ4n) is 2.26. The Morgan fingerprint density at radius 3 is 1.90 bits per heavy atom. The van der Waals surface area contributed by atoms with E-state index in [1.165, 1.54) is 24.3 Å². The van der Waals surface area contributed by atoms with Crippen molar-refractivity contribution in [3.63, 3.8) is 0 Å². The summed E-state index contributed by atoms with van der Waals surface area (Å²) in [4.78, 5) is 22.7. The zero-order valence-electron chi connectivity index (χ0n) is 16.1. The van der Waals surface area contributed by atoms with Crippen LogP contribution in [0.25, 0.3) is 0 Å². The zero-order chi connectivity index (χ0) is 23.2. The van der Waals surface area contributed by atoms with E-state index < -0.39 is 27.3 Å². The molecule has 0 saturated heterocycles. The standard InChI is InChI=1S/C19H16F3NO6S2/c1-28-17(24)11-16(18(25)29-2)23-12-3-7-14(8-4-12)31(26,27)15-9-5-13(6-10-15)30-19(20,21)22/h3-11,23H,1-2H3/b16-11+. The average Bonchev–Trinajstić information content (AvgIpc) is 2.72. The fourth-order valence-corrected chi connectivity index (χ4v) is 4.06. The van der Waals surface area contributed by atoms with E-state index in [1.54, 1.807) is 0 Å². The molecule has 2 aromatic carbocycles. The Labute approximate surface area is 180 Å². The first-order valence-corrected chi connectivity index (χ1v) is 10.6. The van der Waals surface area contributed by atoms with Gasteiger partial charge in [0, 0.05) is 10.6 Å². The Bertz CT molecular complexity index is 1080. The summed E-state index contributed by atoms with van der Waals surface area (Å²) in [5, 5.41) is 2.62. The minimum Gasteiger partial charge on any atom is -0.466 e. The molecule has 1 N–H and O–H groups in total. The van der Waals surface area contributed by atoms with Gasteiger partial charge in [0.15, 0.2) is 0 Å². The Morgan fingerprint density at radius 2 is 1.45 bits per heavy atom. The van der Waals surface area contributed by atoms with E-state index in [9.17, 15) is 31.2 Å². The van der Waals surface area contributed by atoms with Crippen LogP contribution in [0.4, 0.5) is 18.9 Å². The third-order valence-electron chi connectivity index (χ3n) is 3.68. The van der Waals surface area contributed by atoms with Gasteiger partial charge in [0.1, 0.15) is 5.70 Å². The van der Waals surface area contributed by atoms with Gasteiger partial charge in [-0.15, -0.1) is 0 Å². The highest BCUT2D eigenvalue weighted by Gasteiger charge is 2.29. The summed E-state index contributed by atoms with van der Waals surface area (Å²) in [5.41, 5.74) is -4.44. The number of anilines is 1. The third kappa shape index (κ3) is 6.76. The van der Waals surface area contributed by atoms with Crippen LogP contribution in [0.5, 0.6) is 0 Å². The molecule has 2 rings (SSSR count). The normalized spacial score (nSPS) is 12.2. The van der Waals surface area contributed by atoms with Crippen LogP contribution in [-0.4, -0.2) is 40.1 Å². The number of sulfone groups is 1. The molecule has 0 aliphatic heterocycles. The molecule has 2 aromatic rings. The summed E-state index contributed by atoms with van der Waals surface area (Å²) in [6.45, 7) is 0. The second-order valence-electron chi connectivity index (χ2n) is 5.74. The highest BCUT2D eigenvalue weighted by molar-refractivity contribution is 8.00. The molecule has 0 unspecified atom stereocenters. The molecule has 0 heterocycles. The van der Waals surface area contributed by atoms with E-state index in [0.29, 0.717) is 0 Å². The van der Waals surface area contributed by atoms with E-state index in [-0.39, 0.29) is 37.8 Å². The van der Waals surface area contributed by atoms with E-state index in [4.69, 9.17) is 0 Å². The van der Waals surface area contributed by atoms with Gasteiger partial charge >= 0.3 is 17.4 Å². The maximum absolute atomic E-state index is 12.7. The van der Waals surface area contributed by atoms with Gasteiger partial charge in [0.25, 0.3) is 0 Å². The third-order valence-corrected chi connectivity index (χ3v) is 6.20. The molecule has 0 aromatic heterocycles. The number of carbonyl (C=O) groups excluding carboxylic acids is 2. The lowest BCUT2D eigenvalue weighted by molar-refractivity contribution is -0.138. The van der Waals surface area contributed by atoms with Gasteiger partial charge in [0.2, 0.25) is 9.84 Å². The highest BCUT2D eigenvalue weighted by atomic mass is 32.2. The molecule has 0 bridgehead atoms. The molecule has 0 aliphatic rings. The molecule has 31 heavy (non-hydrogen) atoms. The van der Waals surface area contributed by atoms with Crippen molar-refractivity contribution in [3.8, 4) is 0 Å². The van der Waals surface area contributed by atoms with Crippen molar-refractivity contribution in [1.29, 1.82) is 0 Å². The number of methoxy groups -OCH3 is 2. The quantitative estimate of drug-likeness (QED) is 0.367. The van der Waals surface area contributed by atoms with Crippen molar-refractivity contribution in [1.82, 2.24) is 0 Å². The molecule has 0 aliphatic carbocycles. The lowest BCUT2D eigenvalue weighted by Crippen LogP contribution is -2.15. The van der Waals surface area contributed by atoms with Crippen LogP contribution in [0.15, 0.2) is 75.0 Å². The molecule has 166 valence electrons. The van der Waals surface area contributed by atoms with Crippen LogP contribution in [0, 0.1) is 0 Å². The predicted octanol–water partition coefficient (Wildman–Crippen LogP) is 3.77. The number of alkyl halides is 3. The topological polar surface area (TPSA) is 98.8 Å². The Hall–Kier alpha value is -2.99. The molecule has 0 amide bonds. The minimum atomic E-state index is -4.48. The fraction of sp³-hybridized carbons (Fsp3) is 0.158. The van der Waals surface area contributed by atoms with Crippen LogP contribution in [0.1, 0.15) is 0 Å². The molecular formula is C19H16F3NO6S2. The number of rotatable bonds is 7. The van der Waals surface area contributed by atoms with Crippen LogP contribution < -0.4 is 5.32 Å². The van der Waals surface area contributed by atoms with Crippen molar-refractivity contribution in [2.24, 2.45) is 0 Å². The summed E-state index contributed by atoms with van der Waals surface area (Å²) >= 11 is -0.346. The van der Waals surface area contributed by atoms with Crippen molar-refractivity contribution >= 4 is 39.2 Å². The monoisotopic (exact) mass is 475 g/mol. The predicted molar refractivity (Wildman–Crippen MR) is 106 cm³/mol. The van der Waals surface area contributed by atoms with Crippen molar-refractivity contribution < 1.29 is 40.7 Å². The Balaban J connectivity index is 2.24. The maximum Gasteiger partial charge on any atom is 0.446 e. The van der Waals surface area contributed by atoms with Gasteiger partial charge in [0.05, 0.1) is 30.1 Å². The Morgan fingerprint density at radius 1 is 0.935 bits per heavy atom. The molecule has 0 spiro atoms. The van der Waals surface area contributed by atoms with E-state index in [0.717, 1.165) is 44.6 Å². The number of carbonyl (C=O) groups is 2. The molecule has 12 heteroatoms. The zero-order valence-corrected chi connectivity index (χ0v) is 17.7. The number of hydrogen-bond acceptors (Lipinski definition) is 8. The maximum atomic E-state index is 12.7. The Kier molecular flexibility index (Phi) is 7.74. The SMILES string of the molecule is COC(=O)/C=C(/Nc1ccc(S(=O)(=O)c2ccc(SC(F)(F)F)cc2)cc1)C(=O)OC. The summed E-state index contributed by atoms with van der Waals surface area (Å²) in [7, 11) is -1.75. The number of hydrogen-bond donors (Lipinski definition) is 1. The summed E-state index contributed by atoms with van der Waals surface area (Å²) in [5.74, 6) is -1.65. The lowest BCUT2D eigenvalue weighted by Gasteiger charge is -2.11. The molecule has 0 fully saturated rings. The smallest absolute Gasteiger partial charge is 0.446 e. The average molecular weight is 475 g/mol. The van der Waals surface area contributed by atoms with Crippen molar-refractivity contribution in [2.45, 2.75) is 20.2 Å². The number of benzene rings is 2. The van der Waals surface area contributed by atoms with Gasteiger partial charge in [-0.2, -0.15) is 13.2 Å². The molecular weight excluding hydrogens is 459 g/mol. The number of thioether (sulfide) groups is 1. The van der Waals surface area contributed by atoms with Gasteiger partial charge in [-0.1, -0.05) is 0 Å². The van der Waals surface area contributed by atoms with E-state index in [2.05, 4.69) is 14.8 Å². The number of nitrogens with one attached hydrogen (secondary N) is 1. The highest BCUT2D eigenvalue weighted by Crippen LogP contribution is 2.37. The van der Waals surface area contributed by atoms with Crippen molar-refractivity contribution in [2.75, 3.05) is 19.5 Å². The first kappa shape index (κ1) is 24.3. The van der Waals surface area contributed by atoms with Gasteiger partial charge < -0.3 is 14.8 Å². The number of halogens is 3. The van der Waals surface area contributed by atoms with Gasteiger partial charge in [-0.25, -0.2) is 18.0 Å². The van der Waals surface area contributed by atoms with Crippen LogP contribution in [0.2, 0.25) is 0 Å². The van der Waals surface area contributed by atoms with Crippen LogP contribution >= 0.6 is 11.8 Å². The second kappa shape index (κ2) is 9.88. The second-order valence-corrected chi connectivity index (χ2v) is 8.83. The summed E-state index contributed by atoms with van der Waals surface area (Å²) < 4.78 is 71.7. The summed E-state index contributed by atoms with van der Waals surface area (Å²) in [6.07, 6.45) is 0.872. The first-order chi connectivity index (χ1) is 14.5. The van der Waals surface area contributed by atoms with Gasteiger partial charge in [-0.05, 0) is 60.3 Å². The first-order valence-electron chi connectivity index (χ1n) is 8.32. The van der Waals surface area contributed by atoms with Crippen molar-refractivity contribution in [3.05, 3.63) is 60.3 Å². The summed E-state index contributed by atoms with van der Waals surface area (Å²) in [6, 6.07) is 9.48. The molecule has 7 nitrogen and oxygen atoms in total. The largest absolute Gasteiger partial charge is 0.466 e. The van der Waals surface area contributed by atoms with E-state index >= 15 is 0 Å². The van der Waals surface area contributed by atoms with Gasteiger partial charge in [-0.3, -0.25) is 0 Å². The molecule has 0 saturated carbocycles. The molecule has 0 atom stereocenters. The minimum absolute atomic E-state index is 0.120. The lowest BCUT2D eigenvalue weighted by atomic mass is 10.3. The van der Waals surface area contributed by atoms with E-state index in [1.807, 2.05) is 0 Å².